The second-order valence-electron chi connectivity index (χ2n) is 6.97. The summed E-state index contributed by atoms with van der Waals surface area (Å²) in [6.45, 7) is 0.802. The number of imidazole rings is 1. The van der Waals surface area contributed by atoms with E-state index in [0.717, 1.165) is 31.0 Å². The van der Waals surface area contributed by atoms with Gasteiger partial charge in [-0.1, -0.05) is 23.8 Å². The number of allylic oxidation sites excluding steroid dienone is 3. The fourth-order valence-corrected chi connectivity index (χ4v) is 3.69. The minimum absolute atomic E-state index is 0.0962. The maximum atomic E-state index is 5.96. The number of ether oxygens (including phenoxy) is 2. The van der Waals surface area contributed by atoms with Crippen molar-refractivity contribution in [1.29, 1.82) is 0 Å². The Labute approximate surface area is 154 Å². The molecule has 1 aliphatic heterocycles. The fraction of sp³-hybridized carbons (Fsp3) is 0.409. The molecule has 1 aromatic carbocycles. The first kappa shape index (κ1) is 17.1. The largest absolute Gasteiger partial charge is 0.465 e. The highest BCUT2D eigenvalue weighted by Gasteiger charge is 2.16. The normalized spacial score (nSPS) is 20.6. The van der Waals surface area contributed by atoms with Gasteiger partial charge < -0.3 is 14.5 Å². The Balaban J connectivity index is 1.52. The lowest BCUT2D eigenvalue weighted by Crippen LogP contribution is -2.24. The van der Waals surface area contributed by atoms with E-state index in [-0.39, 0.29) is 6.29 Å². The number of nitrogens with one attached hydrogen (secondary N) is 1. The molecule has 26 heavy (non-hydrogen) atoms. The van der Waals surface area contributed by atoms with Crippen LogP contribution in [0.2, 0.25) is 0 Å². The number of benzene rings is 1. The van der Waals surface area contributed by atoms with Crippen molar-refractivity contribution in [2.75, 3.05) is 6.61 Å². The van der Waals surface area contributed by atoms with Gasteiger partial charge >= 0.3 is 0 Å². The quantitative estimate of drug-likeness (QED) is 0.790. The van der Waals surface area contributed by atoms with E-state index >= 15 is 0 Å². The average molecular weight is 350 g/mol. The monoisotopic (exact) mass is 350 g/mol. The second-order valence-corrected chi connectivity index (χ2v) is 6.97. The summed E-state index contributed by atoms with van der Waals surface area (Å²) in [5.41, 5.74) is 4.10. The zero-order chi connectivity index (χ0) is 17.6. The van der Waals surface area contributed by atoms with Crippen molar-refractivity contribution in [3.8, 4) is 5.75 Å². The Morgan fingerprint density at radius 3 is 2.65 bits per heavy atom. The fourth-order valence-electron chi connectivity index (χ4n) is 3.69. The van der Waals surface area contributed by atoms with Gasteiger partial charge in [0.2, 0.25) is 0 Å². The minimum atomic E-state index is -0.0962. The first-order valence-electron chi connectivity index (χ1n) is 9.67. The lowest BCUT2D eigenvalue weighted by atomic mass is 9.98. The van der Waals surface area contributed by atoms with Crippen LogP contribution in [0, 0.1) is 0 Å². The van der Waals surface area contributed by atoms with Crippen LogP contribution in [-0.2, 0) is 4.74 Å². The zero-order valence-corrected chi connectivity index (χ0v) is 15.1. The molecule has 4 heteroatoms. The molecule has 1 atom stereocenters. The van der Waals surface area contributed by atoms with E-state index in [1.807, 2.05) is 6.20 Å². The van der Waals surface area contributed by atoms with E-state index in [9.17, 15) is 0 Å². The Morgan fingerprint density at radius 2 is 1.96 bits per heavy atom. The summed E-state index contributed by atoms with van der Waals surface area (Å²) in [6.07, 6.45) is 16.0. The summed E-state index contributed by atoms with van der Waals surface area (Å²) >= 11 is 0. The third-order valence-corrected chi connectivity index (χ3v) is 5.09. The van der Waals surface area contributed by atoms with Crippen LogP contribution in [0.15, 0.2) is 48.3 Å². The van der Waals surface area contributed by atoms with E-state index in [4.69, 9.17) is 9.47 Å². The van der Waals surface area contributed by atoms with Crippen LogP contribution in [0.5, 0.6) is 5.75 Å². The van der Waals surface area contributed by atoms with Crippen LogP contribution < -0.4 is 4.74 Å². The van der Waals surface area contributed by atoms with Gasteiger partial charge in [0, 0.05) is 18.8 Å². The third-order valence-electron chi connectivity index (χ3n) is 5.09. The number of aromatic nitrogens is 2. The van der Waals surface area contributed by atoms with Gasteiger partial charge in [0.05, 0.1) is 6.61 Å². The van der Waals surface area contributed by atoms with Crippen molar-refractivity contribution in [3.05, 3.63) is 59.7 Å². The van der Waals surface area contributed by atoms with Crippen molar-refractivity contribution in [3.63, 3.8) is 0 Å². The standard InChI is InChI=1S/C22H26N2O2/c1-2-6-17(5-1)20(12-13-21-23-14-15-24-21)18-8-10-19(11-9-18)26-22-7-3-4-16-25-22/h8-15,22H,1-7,16H2,(H,23,24)/b13-12+. The van der Waals surface area contributed by atoms with Crippen molar-refractivity contribution < 1.29 is 9.47 Å². The summed E-state index contributed by atoms with van der Waals surface area (Å²) in [7, 11) is 0. The Kier molecular flexibility index (Phi) is 5.50. The van der Waals surface area contributed by atoms with Crippen LogP contribution in [0.3, 0.4) is 0 Å². The van der Waals surface area contributed by atoms with Crippen LogP contribution in [-0.4, -0.2) is 22.9 Å². The van der Waals surface area contributed by atoms with E-state index < -0.39 is 0 Å². The molecular weight excluding hydrogens is 324 g/mol. The zero-order valence-electron chi connectivity index (χ0n) is 15.1. The molecule has 2 aliphatic rings. The van der Waals surface area contributed by atoms with Crippen molar-refractivity contribution in [2.45, 2.75) is 51.2 Å². The molecule has 136 valence electrons. The summed E-state index contributed by atoms with van der Waals surface area (Å²) < 4.78 is 11.6. The molecule has 2 heterocycles. The maximum absolute atomic E-state index is 5.96. The first-order chi connectivity index (χ1) is 12.9. The van der Waals surface area contributed by atoms with Gasteiger partial charge in [0.25, 0.3) is 0 Å². The predicted molar refractivity (Wildman–Crippen MR) is 104 cm³/mol. The molecule has 0 bridgehead atoms. The lowest BCUT2D eigenvalue weighted by molar-refractivity contribution is -0.105. The predicted octanol–water partition coefficient (Wildman–Crippen LogP) is 5.36. The minimum Gasteiger partial charge on any atom is -0.465 e. The van der Waals surface area contributed by atoms with Crippen LogP contribution in [0.4, 0.5) is 0 Å². The molecule has 0 spiro atoms. The van der Waals surface area contributed by atoms with Crippen LogP contribution >= 0.6 is 0 Å². The summed E-state index contributed by atoms with van der Waals surface area (Å²) in [5, 5.41) is 0. The number of rotatable bonds is 5. The molecule has 1 saturated heterocycles. The molecule has 1 N–H and O–H groups in total. The number of aromatic amines is 1. The lowest BCUT2D eigenvalue weighted by Gasteiger charge is -2.23. The average Bonchev–Trinajstić information content (AvgIpc) is 3.38. The Hall–Kier alpha value is -2.33. The molecule has 1 aliphatic carbocycles. The molecule has 1 saturated carbocycles. The highest BCUT2D eigenvalue weighted by Crippen LogP contribution is 2.33. The molecule has 1 aromatic heterocycles. The van der Waals surface area contributed by atoms with Crippen molar-refractivity contribution >= 4 is 11.6 Å². The number of hydrogen-bond donors (Lipinski definition) is 1. The van der Waals surface area contributed by atoms with Gasteiger partial charge in [-0.15, -0.1) is 0 Å². The highest BCUT2D eigenvalue weighted by atomic mass is 16.7. The molecule has 0 amide bonds. The molecule has 2 fully saturated rings. The molecule has 1 unspecified atom stereocenters. The highest BCUT2D eigenvalue weighted by molar-refractivity contribution is 5.80. The third kappa shape index (κ3) is 4.25. The van der Waals surface area contributed by atoms with E-state index in [1.165, 1.54) is 48.8 Å². The van der Waals surface area contributed by atoms with Crippen molar-refractivity contribution in [2.24, 2.45) is 0 Å². The second kappa shape index (κ2) is 8.37. The first-order valence-corrected chi connectivity index (χ1v) is 9.67. The molecule has 2 aromatic rings. The molecule has 0 radical (unpaired) electrons. The summed E-state index contributed by atoms with van der Waals surface area (Å²) in [5.74, 6) is 1.77. The van der Waals surface area contributed by atoms with E-state index in [1.54, 1.807) is 6.20 Å². The molecular formula is C22H26N2O2. The van der Waals surface area contributed by atoms with Gasteiger partial charge in [-0.25, -0.2) is 4.98 Å². The van der Waals surface area contributed by atoms with Gasteiger partial charge in [0.1, 0.15) is 11.6 Å². The maximum Gasteiger partial charge on any atom is 0.199 e. The van der Waals surface area contributed by atoms with Gasteiger partial charge in [-0.05, 0) is 67.9 Å². The summed E-state index contributed by atoms with van der Waals surface area (Å²) in [6, 6.07) is 8.43. The van der Waals surface area contributed by atoms with Crippen LogP contribution in [0.25, 0.3) is 11.6 Å². The van der Waals surface area contributed by atoms with E-state index in [0.29, 0.717) is 0 Å². The molecule has 4 rings (SSSR count). The number of hydrogen-bond acceptors (Lipinski definition) is 3. The van der Waals surface area contributed by atoms with Gasteiger partial charge in [0.15, 0.2) is 6.29 Å². The molecule has 4 nitrogen and oxygen atoms in total. The smallest absolute Gasteiger partial charge is 0.199 e. The van der Waals surface area contributed by atoms with Crippen molar-refractivity contribution in [1.82, 2.24) is 9.97 Å². The van der Waals surface area contributed by atoms with Crippen LogP contribution in [0.1, 0.15) is 56.3 Å². The van der Waals surface area contributed by atoms with Gasteiger partial charge in [-0.2, -0.15) is 0 Å². The Morgan fingerprint density at radius 1 is 1.12 bits per heavy atom. The number of H-pyrrole nitrogens is 1. The topological polar surface area (TPSA) is 47.1 Å². The summed E-state index contributed by atoms with van der Waals surface area (Å²) in [4.78, 5) is 7.42. The van der Waals surface area contributed by atoms with E-state index in [2.05, 4.69) is 46.4 Å². The number of nitrogens with zero attached hydrogens (tertiary/aromatic N) is 1. The van der Waals surface area contributed by atoms with Gasteiger partial charge in [-0.3, -0.25) is 0 Å². The Bertz CT molecular complexity index is 746. The SMILES string of the molecule is C(=C\c1ncc[nH]1)/C(=C1CCCC1)c1ccc(OC2CCCCO2)cc1.